The lowest BCUT2D eigenvalue weighted by molar-refractivity contribution is -0.113. The van der Waals surface area contributed by atoms with E-state index in [1.165, 1.54) is 5.57 Å². The van der Waals surface area contributed by atoms with E-state index in [1.54, 1.807) is 0 Å². The Balaban J connectivity index is 2.22. The van der Waals surface area contributed by atoms with E-state index in [0.717, 1.165) is 19.3 Å². The highest BCUT2D eigenvalue weighted by molar-refractivity contribution is 6.02. The molecule has 2 aliphatic carbocycles. The lowest BCUT2D eigenvalue weighted by Crippen LogP contribution is -2.10. The molecule has 1 fully saturated rings. The fraction of sp³-hybridized carbons (Fsp3) is 0.700. The number of allylic oxidation sites excluding steroid dienone is 2. The largest absolute Gasteiger partial charge is 0.299 e. The Labute approximate surface area is 67.5 Å². The molecule has 0 aliphatic heterocycles. The molecule has 1 spiro atoms. The van der Waals surface area contributed by atoms with Gasteiger partial charge in [-0.15, -0.1) is 0 Å². The van der Waals surface area contributed by atoms with Gasteiger partial charge in [-0.3, -0.25) is 4.79 Å². The summed E-state index contributed by atoms with van der Waals surface area (Å²) in [6.45, 7) is 4.32. The van der Waals surface area contributed by atoms with Gasteiger partial charge in [0.1, 0.15) is 5.78 Å². The molecule has 1 heteroatoms. The topological polar surface area (TPSA) is 17.1 Å². The van der Waals surface area contributed by atoms with Crippen LogP contribution < -0.4 is 0 Å². The molecule has 0 N–H and O–H groups in total. The van der Waals surface area contributed by atoms with Crippen LogP contribution in [-0.2, 0) is 4.79 Å². The molecule has 0 aromatic heterocycles. The normalized spacial score (nSPS) is 41.5. The molecular weight excluding hydrogens is 136 g/mol. The van der Waals surface area contributed by atoms with Crippen molar-refractivity contribution in [2.24, 2.45) is 11.3 Å². The first-order valence-electron chi connectivity index (χ1n) is 4.39. The minimum absolute atomic E-state index is 0.110. The minimum atomic E-state index is 0.110. The lowest BCUT2D eigenvalue weighted by atomic mass is 9.90. The Kier molecular flexibility index (Phi) is 1.26. The number of hydrogen-bond donors (Lipinski definition) is 0. The van der Waals surface area contributed by atoms with Crippen molar-refractivity contribution in [2.45, 2.75) is 33.1 Å². The number of carbonyl (C=O) groups is 1. The Morgan fingerprint density at radius 3 is 2.64 bits per heavy atom. The summed E-state index contributed by atoms with van der Waals surface area (Å²) in [6, 6.07) is 0. The third kappa shape index (κ3) is 0.800. The highest BCUT2D eigenvalue weighted by Gasteiger charge is 2.59. The molecule has 0 amide bonds. The van der Waals surface area contributed by atoms with Crippen LogP contribution >= 0.6 is 0 Å². The predicted molar refractivity (Wildman–Crippen MR) is 44.2 cm³/mol. The summed E-state index contributed by atoms with van der Waals surface area (Å²) in [7, 11) is 0. The molecule has 2 atom stereocenters. The molecule has 2 rings (SSSR count). The zero-order chi connectivity index (χ0) is 8.06. The average molecular weight is 150 g/mol. The molecule has 0 heterocycles. The Bertz CT molecular complexity index is 239. The second kappa shape index (κ2) is 1.96. The summed E-state index contributed by atoms with van der Waals surface area (Å²) in [5.41, 5.74) is 1.53. The first-order valence-corrected chi connectivity index (χ1v) is 4.39. The van der Waals surface area contributed by atoms with Gasteiger partial charge in [0, 0.05) is 11.8 Å². The quantitative estimate of drug-likeness (QED) is 0.524. The van der Waals surface area contributed by atoms with E-state index in [9.17, 15) is 4.79 Å². The Morgan fingerprint density at radius 1 is 1.64 bits per heavy atom. The van der Waals surface area contributed by atoms with E-state index in [0.29, 0.717) is 11.7 Å². The highest BCUT2D eigenvalue weighted by atomic mass is 16.1. The molecule has 11 heavy (non-hydrogen) atoms. The molecule has 1 saturated carbocycles. The lowest BCUT2D eigenvalue weighted by Gasteiger charge is -2.12. The zero-order valence-electron chi connectivity index (χ0n) is 7.18. The molecule has 0 aromatic rings. The van der Waals surface area contributed by atoms with Crippen LogP contribution in [0.1, 0.15) is 33.1 Å². The van der Waals surface area contributed by atoms with Crippen molar-refractivity contribution in [3.8, 4) is 0 Å². The zero-order valence-corrected chi connectivity index (χ0v) is 7.18. The second-order valence-corrected chi connectivity index (χ2v) is 3.96. The summed E-state index contributed by atoms with van der Waals surface area (Å²) in [5.74, 6) is 1.06. The van der Waals surface area contributed by atoms with Crippen molar-refractivity contribution < 1.29 is 4.79 Å². The average Bonchev–Trinajstić information content (AvgIpc) is 2.41. The van der Waals surface area contributed by atoms with Gasteiger partial charge in [-0.1, -0.05) is 18.6 Å². The van der Waals surface area contributed by atoms with Gasteiger partial charge in [0.25, 0.3) is 0 Å². The molecule has 2 aliphatic rings. The summed E-state index contributed by atoms with van der Waals surface area (Å²) < 4.78 is 0. The van der Waals surface area contributed by atoms with E-state index >= 15 is 0 Å². The number of ketones is 1. The highest BCUT2D eigenvalue weighted by Crippen LogP contribution is 2.58. The maximum atomic E-state index is 11.2. The number of carbonyl (C=O) groups excluding carboxylic acids is 1. The van der Waals surface area contributed by atoms with Gasteiger partial charge in [0.05, 0.1) is 0 Å². The van der Waals surface area contributed by atoms with Crippen molar-refractivity contribution in [1.82, 2.24) is 0 Å². The SMILES string of the molecule is CC[C@H]1C=C(C)C[C@@]12CC2=O. The van der Waals surface area contributed by atoms with Crippen LogP contribution in [-0.4, -0.2) is 5.78 Å². The van der Waals surface area contributed by atoms with Gasteiger partial charge in [-0.2, -0.15) is 0 Å². The third-order valence-electron chi connectivity index (χ3n) is 3.14. The van der Waals surface area contributed by atoms with Gasteiger partial charge >= 0.3 is 0 Å². The number of hydrogen-bond acceptors (Lipinski definition) is 1. The van der Waals surface area contributed by atoms with Crippen LogP contribution in [0.15, 0.2) is 11.6 Å². The van der Waals surface area contributed by atoms with Crippen LogP contribution in [0.3, 0.4) is 0 Å². The summed E-state index contributed by atoms with van der Waals surface area (Å²) in [6.07, 6.45) is 5.32. The van der Waals surface area contributed by atoms with Crippen molar-refractivity contribution >= 4 is 5.78 Å². The van der Waals surface area contributed by atoms with E-state index < -0.39 is 0 Å². The fourth-order valence-corrected chi connectivity index (χ4v) is 2.44. The molecule has 0 radical (unpaired) electrons. The fourth-order valence-electron chi connectivity index (χ4n) is 2.44. The maximum absolute atomic E-state index is 11.2. The Hall–Kier alpha value is -0.590. The van der Waals surface area contributed by atoms with Crippen molar-refractivity contribution in [1.29, 1.82) is 0 Å². The third-order valence-corrected chi connectivity index (χ3v) is 3.14. The van der Waals surface area contributed by atoms with Crippen LogP contribution in [0.2, 0.25) is 0 Å². The monoisotopic (exact) mass is 150 g/mol. The van der Waals surface area contributed by atoms with Crippen molar-refractivity contribution in [2.75, 3.05) is 0 Å². The van der Waals surface area contributed by atoms with Crippen LogP contribution in [0, 0.1) is 11.3 Å². The van der Waals surface area contributed by atoms with E-state index in [1.807, 2.05) is 0 Å². The summed E-state index contributed by atoms with van der Waals surface area (Å²) >= 11 is 0. The minimum Gasteiger partial charge on any atom is -0.299 e. The molecule has 0 aromatic carbocycles. The summed E-state index contributed by atoms with van der Waals surface area (Å²) in [4.78, 5) is 11.2. The summed E-state index contributed by atoms with van der Waals surface area (Å²) in [5, 5.41) is 0. The van der Waals surface area contributed by atoms with E-state index in [-0.39, 0.29) is 5.41 Å². The molecule has 1 nitrogen and oxygen atoms in total. The maximum Gasteiger partial charge on any atom is 0.141 e. The van der Waals surface area contributed by atoms with Crippen molar-refractivity contribution in [3.63, 3.8) is 0 Å². The van der Waals surface area contributed by atoms with Crippen molar-refractivity contribution in [3.05, 3.63) is 11.6 Å². The smallest absolute Gasteiger partial charge is 0.141 e. The van der Waals surface area contributed by atoms with E-state index in [4.69, 9.17) is 0 Å². The van der Waals surface area contributed by atoms with Crippen LogP contribution in [0.4, 0.5) is 0 Å². The molecule has 0 bridgehead atoms. The van der Waals surface area contributed by atoms with Gasteiger partial charge in [0.15, 0.2) is 0 Å². The van der Waals surface area contributed by atoms with Gasteiger partial charge in [-0.25, -0.2) is 0 Å². The van der Waals surface area contributed by atoms with Gasteiger partial charge in [-0.05, 0) is 25.7 Å². The van der Waals surface area contributed by atoms with Gasteiger partial charge < -0.3 is 0 Å². The van der Waals surface area contributed by atoms with Crippen LogP contribution in [0.5, 0.6) is 0 Å². The van der Waals surface area contributed by atoms with Gasteiger partial charge in [0.2, 0.25) is 0 Å². The predicted octanol–water partition coefficient (Wildman–Crippen LogP) is 2.32. The van der Waals surface area contributed by atoms with E-state index in [2.05, 4.69) is 19.9 Å². The number of rotatable bonds is 1. The Morgan fingerprint density at radius 2 is 2.27 bits per heavy atom. The molecule has 60 valence electrons. The first kappa shape index (κ1) is 7.08. The second-order valence-electron chi connectivity index (χ2n) is 3.96. The standard InChI is InChI=1S/C10H14O/c1-3-8-4-7(2)5-10(8)6-9(10)11/h4,8H,3,5-6H2,1-2H3/t8-,10+/m0/s1. The van der Waals surface area contributed by atoms with Crippen LogP contribution in [0.25, 0.3) is 0 Å². The molecular formula is C10H14O. The molecule has 0 unspecified atom stereocenters. The number of Topliss-reactive ketones (excluding diaryl/α,β-unsaturated/α-hetero) is 1. The molecule has 0 saturated heterocycles. The first-order chi connectivity index (χ1) is 5.19.